The lowest BCUT2D eigenvalue weighted by Gasteiger charge is -2.15. The number of ether oxygens (including phenoxy) is 1. The number of hydrogen-bond donors (Lipinski definition) is 3. The van der Waals surface area contributed by atoms with Crippen LogP contribution in [0.1, 0.15) is 18.9 Å². The normalized spacial score (nSPS) is 11.8. The first-order valence-electron chi connectivity index (χ1n) is 6.58. The molecular formula is C14H21ClN2O3. The number of halogens is 1. The predicted molar refractivity (Wildman–Crippen MR) is 79.4 cm³/mol. The molecule has 0 aliphatic carbocycles. The Morgan fingerprint density at radius 3 is 2.80 bits per heavy atom. The van der Waals surface area contributed by atoms with E-state index in [4.69, 9.17) is 21.4 Å². The van der Waals surface area contributed by atoms with Crippen molar-refractivity contribution < 1.29 is 14.6 Å². The van der Waals surface area contributed by atoms with Gasteiger partial charge in [-0.15, -0.1) is 0 Å². The van der Waals surface area contributed by atoms with E-state index >= 15 is 0 Å². The van der Waals surface area contributed by atoms with E-state index in [2.05, 4.69) is 10.6 Å². The van der Waals surface area contributed by atoms with Crippen LogP contribution in [0.2, 0.25) is 5.02 Å². The number of amides is 2. The summed E-state index contributed by atoms with van der Waals surface area (Å²) in [6.07, 6.45) is 1.32. The summed E-state index contributed by atoms with van der Waals surface area (Å²) >= 11 is 6.11. The van der Waals surface area contributed by atoms with Crippen LogP contribution < -0.4 is 15.4 Å². The van der Waals surface area contributed by atoms with Crippen LogP contribution in [0.4, 0.5) is 4.79 Å². The van der Waals surface area contributed by atoms with Crippen LogP contribution in [-0.2, 0) is 6.42 Å². The van der Waals surface area contributed by atoms with E-state index in [0.717, 1.165) is 5.56 Å². The summed E-state index contributed by atoms with van der Waals surface area (Å²) in [5.41, 5.74) is 0.946. The Morgan fingerprint density at radius 2 is 2.25 bits per heavy atom. The second-order valence-electron chi connectivity index (χ2n) is 4.40. The van der Waals surface area contributed by atoms with Crippen molar-refractivity contribution in [2.24, 2.45) is 0 Å². The first-order chi connectivity index (χ1) is 9.60. The standard InChI is InChI=1S/C14H21ClN2O3/c1-3-11(9-18)17-14(19)16-7-6-10-4-5-12(20-2)8-13(10)15/h4-5,8,11,18H,3,6-7,9H2,1-2H3,(H2,16,17,19). The molecular weight excluding hydrogens is 280 g/mol. The van der Waals surface area contributed by atoms with Gasteiger partial charge in [-0.2, -0.15) is 0 Å². The topological polar surface area (TPSA) is 70.6 Å². The SMILES string of the molecule is CCC(CO)NC(=O)NCCc1ccc(OC)cc1Cl. The van der Waals surface area contributed by atoms with Crippen molar-refractivity contribution in [3.63, 3.8) is 0 Å². The summed E-state index contributed by atoms with van der Waals surface area (Å²) in [6.45, 7) is 2.31. The molecule has 3 N–H and O–H groups in total. The number of carbonyl (C=O) groups is 1. The van der Waals surface area contributed by atoms with Crippen molar-refractivity contribution in [1.82, 2.24) is 10.6 Å². The molecule has 1 unspecified atom stereocenters. The Bertz CT molecular complexity index is 436. The first-order valence-corrected chi connectivity index (χ1v) is 6.96. The highest BCUT2D eigenvalue weighted by molar-refractivity contribution is 6.31. The minimum Gasteiger partial charge on any atom is -0.497 e. The van der Waals surface area contributed by atoms with E-state index < -0.39 is 0 Å². The summed E-state index contributed by atoms with van der Waals surface area (Å²) in [4.78, 5) is 11.6. The largest absolute Gasteiger partial charge is 0.497 e. The average molecular weight is 301 g/mol. The Kier molecular flexibility index (Phi) is 7.18. The summed E-state index contributed by atoms with van der Waals surface area (Å²) in [6, 6.07) is 4.97. The molecule has 6 heteroatoms. The van der Waals surface area contributed by atoms with Gasteiger partial charge in [-0.3, -0.25) is 0 Å². The molecule has 0 aliphatic rings. The smallest absolute Gasteiger partial charge is 0.315 e. The molecule has 20 heavy (non-hydrogen) atoms. The molecule has 1 rings (SSSR count). The molecule has 0 spiro atoms. The van der Waals surface area contributed by atoms with E-state index in [1.54, 1.807) is 13.2 Å². The fraction of sp³-hybridized carbons (Fsp3) is 0.500. The number of nitrogens with one attached hydrogen (secondary N) is 2. The third-order valence-electron chi connectivity index (χ3n) is 2.99. The fourth-order valence-corrected chi connectivity index (χ4v) is 1.95. The van der Waals surface area contributed by atoms with Gasteiger partial charge < -0.3 is 20.5 Å². The second kappa shape index (κ2) is 8.66. The highest BCUT2D eigenvalue weighted by Gasteiger charge is 2.08. The van der Waals surface area contributed by atoms with Gasteiger partial charge in [0.2, 0.25) is 0 Å². The summed E-state index contributed by atoms with van der Waals surface area (Å²) < 4.78 is 5.07. The summed E-state index contributed by atoms with van der Waals surface area (Å²) in [5.74, 6) is 0.707. The number of aliphatic hydroxyl groups is 1. The van der Waals surface area contributed by atoms with Gasteiger partial charge in [-0.25, -0.2) is 4.79 Å². The highest BCUT2D eigenvalue weighted by atomic mass is 35.5. The maximum atomic E-state index is 11.6. The molecule has 0 aromatic heterocycles. The predicted octanol–water partition coefficient (Wildman–Crippen LogP) is 1.96. The molecule has 0 aliphatic heterocycles. The van der Waals surface area contributed by atoms with Crippen LogP contribution in [0.5, 0.6) is 5.75 Å². The fourth-order valence-electron chi connectivity index (χ4n) is 1.68. The molecule has 1 atom stereocenters. The molecule has 5 nitrogen and oxygen atoms in total. The number of urea groups is 1. The molecule has 0 bridgehead atoms. The maximum Gasteiger partial charge on any atom is 0.315 e. The quantitative estimate of drug-likeness (QED) is 0.721. The van der Waals surface area contributed by atoms with Crippen LogP contribution in [0.15, 0.2) is 18.2 Å². The molecule has 112 valence electrons. The Labute approximate surface area is 124 Å². The van der Waals surface area contributed by atoms with Crippen molar-refractivity contribution in [3.8, 4) is 5.75 Å². The van der Waals surface area contributed by atoms with Gasteiger partial charge in [-0.05, 0) is 30.5 Å². The zero-order valence-electron chi connectivity index (χ0n) is 11.8. The van der Waals surface area contributed by atoms with Crippen LogP contribution in [0.25, 0.3) is 0 Å². The van der Waals surface area contributed by atoms with E-state index in [1.807, 2.05) is 19.1 Å². The molecule has 2 amide bonds. The van der Waals surface area contributed by atoms with Crippen molar-refractivity contribution in [1.29, 1.82) is 0 Å². The van der Waals surface area contributed by atoms with Gasteiger partial charge in [0, 0.05) is 11.6 Å². The van der Waals surface area contributed by atoms with Gasteiger partial charge in [0.1, 0.15) is 5.75 Å². The lowest BCUT2D eigenvalue weighted by Crippen LogP contribution is -2.44. The zero-order chi connectivity index (χ0) is 15.0. The van der Waals surface area contributed by atoms with Crippen LogP contribution in [0.3, 0.4) is 0 Å². The summed E-state index contributed by atoms with van der Waals surface area (Å²) in [7, 11) is 1.59. The third-order valence-corrected chi connectivity index (χ3v) is 3.34. The van der Waals surface area contributed by atoms with Gasteiger partial charge in [-0.1, -0.05) is 24.6 Å². The minimum absolute atomic E-state index is 0.0613. The van der Waals surface area contributed by atoms with Crippen molar-refractivity contribution in [3.05, 3.63) is 28.8 Å². The van der Waals surface area contributed by atoms with Crippen LogP contribution in [-0.4, -0.2) is 37.4 Å². The van der Waals surface area contributed by atoms with Crippen LogP contribution in [0, 0.1) is 0 Å². The Hall–Kier alpha value is -1.46. The molecule has 0 radical (unpaired) electrons. The number of rotatable bonds is 7. The van der Waals surface area contributed by atoms with Crippen molar-refractivity contribution in [2.75, 3.05) is 20.3 Å². The lowest BCUT2D eigenvalue weighted by atomic mass is 10.1. The maximum absolute atomic E-state index is 11.6. The number of hydrogen-bond acceptors (Lipinski definition) is 3. The monoisotopic (exact) mass is 300 g/mol. The number of benzene rings is 1. The lowest BCUT2D eigenvalue weighted by molar-refractivity contribution is 0.214. The third kappa shape index (κ3) is 5.27. The van der Waals surface area contributed by atoms with Gasteiger partial charge in [0.25, 0.3) is 0 Å². The highest BCUT2D eigenvalue weighted by Crippen LogP contribution is 2.22. The van der Waals surface area contributed by atoms with Crippen molar-refractivity contribution >= 4 is 17.6 Å². The molecule has 0 saturated heterocycles. The van der Waals surface area contributed by atoms with Crippen molar-refractivity contribution in [2.45, 2.75) is 25.8 Å². The van der Waals surface area contributed by atoms with Gasteiger partial charge in [0.05, 0.1) is 19.8 Å². The Morgan fingerprint density at radius 1 is 1.50 bits per heavy atom. The zero-order valence-corrected chi connectivity index (χ0v) is 12.5. The second-order valence-corrected chi connectivity index (χ2v) is 4.80. The average Bonchev–Trinajstić information content (AvgIpc) is 2.46. The first kappa shape index (κ1) is 16.6. The van der Waals surface area contributed by atoms with E-state index in [-0.39, 0.29) is 18.7 Å². The molecule has 1 aromatic rings. The molecule has 0 saturated carbocycles. The van der Waals surface area contributed by atoms with Gasteiger partial charge in [0.15, 0.2) is 0 Å². The summed E-state index contributed by atoms with van der Waals surface area (Å²) in [5, 5.41) is 15.0. The molecule has 0 fully saturated rings. The molecule has 0 heterocycles. The molecule has 1 aromatic carbocycles. The minimum atomic E-state index is -0.282. The number of carbonyl (C=O) groups excluding carboxylic acids is 1. The number of methoxy groups -OCH3 is 1. The van der Waals surface area contributed by atoms with E-state index in [0.29, 0.717) is 30.2 Å². The van der Waals surface area contributed by atoms with E-state index in [1.165, 1.54) is 0 Å². The number of aliphatic hydroxyl groups excluding tert-OH is 1. The van der Waals surface area contributed by atoms with Gasteiger partial charge >= 0.3 is 6.03 Å². The van der Waals surface area contributed by atoms with E-state index in [9.17, 15) is 4.79 Å². The van der Waals surface area contributed by atoms with Crippen LogP contribution >= 0.6 is 11.6 Å². The Balaban J connectivity index is 2.39.